The Labute approximate surface area is 178 Å². The first-order valence-electron chi connectivity index (χ1n) is 9.01. The number of carbonyl (C=O) groups excluding carboxylic acids is 1. The number of thiocarbonyl (C=S) groups is 1. The van der Waals surface area contributed by atoms with E-state index in [9.17, 15) is 14.9 Å². The van der Waals surface area contributed by atoms with Crippen LogP contribution in [0.15, 0.2) is 9.70 Å². The molecule has 0 radical (unpaired) electrons. The van der Waals surface area contributed by atoms with Crippen LogP contribution >= 0.6 is 35.7 Å². The number of carbonyl (C=O) groups is 1. The monoisotopic (exact) mass is 434 g/mol. The molecule has 2 aliphatic heterocycles. The summed E-state index contributed by atoms with van der Waals surface area (Å²) in [6, 6.07) is 2.01. The fourth-order valence-electron chi connectivity index (χ4n) is 3.43. The lowest BCUT2D eigenvalue weighted by Crippen LogP contribution is -2.38. The largest absolute Gasteiger partial charge is 0.356 e. The van der Waals surface area contributed by atoms with Crippen LogP contribution < -0.4 is 10.5 Å². The zero-order valence-corrected chi connectivity index (χ0v) is 18.8. The highest BCUT2D eigenvalue weighted by Gasteiger charge is 2.34. The Morgan fingerprint density at radius 3 is 2.43 bits per heavy atom. The Balaban J connectivity index is 2.21. The molecule has 3 rings (SSSR count). The van der Waals surface area contributed by atoms with Crippen molar-refractivity contribution in [3.8, 4) is 6.07 Å². The molecule has 1 amide bonds. The third-order valence-electron chi connectivity index (χ3n) is 4.89. The summed E-state index contributed by atoms with van der Waals surface area (Å²) in [5.74, 6) is 2.58. The van der Waals surface area contributed by atoms with E-state index in [2.05, 4.69) is 4.90 Å². The molecule has 3 heterocycles. The highest BCUT2D eigenvalue weighted by atomic mass is 32.2. The summed E-state index contributed by atoms with van der Waals surface area (Å²) in [5.41, 5.74) is 1.16. The van der Waals surface area contributed by atoms with Crippen molar-refractivity contribution in [3.63, 3.8) is 0 Å². The Hall–Kier alpha value is -1.76. The molecule has 6 nitrogen and oxygen atoms in total. The van der Waals surface area contributed by atoms with E-state index in [1.54, 1.807) is 24.9 Å². The average molecular weight is 435 g/mol. The maximum absolute atomic E-state index is 12.9. The summed E-state index contributed by atoms with van der Waals surface area (Å²) in [6.07, 6.45) is 1.80. The van der Waals surface area contributed by atoms with E-state index in [0.29, 0.717) is 14.8 Å². The number of hydrogen-bond acceptors (Lipinski definition) is 7. The second kappa shape index (κ2) is 8.31. The van der Waals surface area contributed by atoms with Gasteiger partial charge in [-0.3, -0.25) is 19.1 Å². The maximum Gasteiger partial charge on any atom is 0.270 e. The third kappa shape index (κ3) is 3.61. The molecule has 0 spiro atoms. The molecule has 28 heavy (non-hydrogen) atoms. The van der Waals surface area contributed by atoms with Crippen LogP contribution in [0.5, 0.6) is 0 Å². The van der Waals surface area contributed by atoms with Crippen molar-refractivity contribution in [1.82, 2.24) is 9.47 Å². The van der Waals surface area contributed by atoms with Gasteiger partial charge in [-0.2, -0.15) is 17.0 Å². The van der Waals surface area contributed by atoms with Crippen LogP contribution in [0.1, 0.15) is 30.5 Å². The number of nitriles is 1. The number of pyridine rings is 1. The minimum Gasteiger partial charge on any atom is -0.356 e. The molecule has 1 aromatic rings. The number of anilines is 1. The number of hydrogen-bond donors (Lipinski definition) is 0. The number of thioether (sulfide) groups is 2. The van der Waals surface area contributed by atoms with Gasteiger partial charge in [-0.15, -0.1) is 0 Å². The van der Waals surface area contributed by atoms with Crippen molar-refractivity contribution in [2.75, 3.05) is 29.5 Å². The Bertz CT molecular complexity index is 969. The van der Waals surface area contributed by atoms with Gasteiger partial charge in [-0.25, -0.2) is 0 Å². The second-order valence-electron chi connectivity index (χ2n) is 6.96. The van der Waals surface area contributed by atoms with Gasteiger partial charge in [0.05, 0.1) is 4.91 Å². The smallest absolute Gasteiger partial charge is 0.270 e. The van der Waals surface area contributed by atoms with Crippen LogP contribution in [0, 0.1) is 18.3 Å². The van der Waals surface area contributed by atoms with E-state index < -0.39 is 0 Å². The normalized spacial score (nSPS) is 19.1. The molecule has 0 unspecified atom stereocenters. The molecule has 0 atom stereocenters. The molecule has 1 aromatic heterocycles. The lowest BCUT2D eigenvalue weighted by Gasteiger charge is -2.32. The number of nitrogens with zero attached hydrogens (tertiary/aromatic N) is 4. The lowest BCUT2D eigenvalue weighted by molar-refractivity contribution is -0.123. The second-order valence-corrected chi connectivity index (χ2v) is 9.86. The summed E-state index contributed by atoms with van der Waals surface area (Å²) < 4.78 is 2.07. The van der Waals surface area contributed by atoms with Gasteiger partial charge in [0.1, 0.15) is 21.8 Å². The molecule has 0 aliphatic carbocycles. The van der Waals surface area contributed by atoms with Crippen molar-refractivity contribution >= 4 is 57.9 Å². The summed E-state index contributed by atoms with van der Waals surface area (Å²) in [4.78, 5) is 29.9. The molecule has 0 aromatic carbocycles. The van der Waals surface area contributed by atoms with Gasteiger partial charge in [0.25, 0.3) is 11.5 Å². The first-order valence-corrected chi connectivity index (χ1v) is 11.4. The van der Waals surface area contributed by atoms with Crippen LogP contribution in [-0.4, -0.2) is 50.3 Å². The summed E-state index contributed by atoms with van der Waals surface area (Å²) in [7, 11) is 1.69. The average Bonchev–Trinajstić information content (AvgIpc) is 2.94. The molecule has 0 saturated carbocycles. The SMILES string of the molecule is Cc1c(C=C2SC(=S)N(C(C)C)C2=O)c(N2CCSCC2)n(C)c(=O)c1C#N. The van der Waals surface area contributed by atoms with Crippen LogP contribution in [0.4, 0.5) is 5.82 Å². The van der Waals surface area contributed by atoms with Gasteiger partial charge in [0.15, 0.2) is 0 Å². The van der Waals surface area contributed by atoms with Gasteiger partial charge in [0.2, 0.25) is 0 Å². The number of amides is 1. The molecule has 2 saturated heterocycles. The Morgan fingerprint density at radius 1 is 1.25 bits per heavy atom. The van der Waals surface area contributed by atoms with E-state index in [-0.39, 0.29) is 23.1 Å². The zero-order valence-electron chi connectivity index (χ0n) is 16.3. The van der Waals surface area contributed by atoms with E-state index in [1.807, 2.05) is 31.7 Å². The van der Waals surface area contributed by atoms with Crippen LogP contribution in [-0.2, 0) is 11.8 Å². The van der Waals surface area contributed by atoms with Crippen LogP contribution in [0.3, 0.4) is 0 Å². The van der Waals surface area contributed by atoms with E-state index >= 15 is 0 Å². The minimum atomic E-state index is -0.305. The van der Waals surface area contributed by atoms with Gasteiger partial charge >= 0.3 is 0 Å². The van der Waals surface area contributed by atoms with Crippen molar-refractivity contribution in [3.05, 3.63) is 31.9 Å². The fraction of sp³-hybridized carbons (Fsp3) is 0.474. The van der Waals surface area contributed by atoms with E-state index in [4.69, 9.17) is 12.2 Å². The molecular formula is C19H22N4O2S3. The minimum absolute atomic E-state index is 0.0205. The summed E-state index contributed by atoms with van der Waals surface area (Å²) >= 11 is 8.53. The van der Waals surface area contributed by atoms with E-state index in [0.717, 1.165) is 36.0 Å². The standard InChI is InChI=1S/C19H22N4O2S3/c1-11(2)23-18(25)15(28-19(23)26)9-13-12(3)14(10-20)17(24)21(4)16(13)22-5-7-27-8-6-22/h9,11H,5-8H2,1-4H3. The van der Waals surface area contributed by atoms with E-state index in [1.165, 1.54) is 16.3 Å². The first-order chi connectivity index (χ1) is 13.3. The van der Waals surface area contributed by atoms with Crippen molar-refractivity contribution in [2.45, 2.75) is 26.8 Å². The molecule has 2 aliphatic rings. The van der Waals surface area contributed by atoms with Gasteiger partial charge in [0, 0.05) is 43.2 Å². The molecule has 9 heteroatoms. The summed E-state index contributed by atoms with van der Waals surface area (Å²) in [6.45, 7) is 7.26. The third-order valence-corrected chi connectivity index (χ3v) is 7.17. The van der Waals surface area contributed by atoms with Crippen LogP contribution in [0.2, 0.25) is 0 Å². The fourth-order valence-corrected chi connectivity index (χ4v) is 5.83. The van der Waals surface area contributed by atoms with Gasteiger partial charge in [-0.1, -0.05) is 24.0 Å². The Kier molecular flexibility index (Phi) is 6.22. The molecular weight excluding hydrogens is 412 g/mol. The van der Waals surface area contributed by atoms with Crippen LogP contribution in [0.25, 0.3) is 6.08 Å². The van der Waals surface area contributed by atoms with Crippen molar-refractivity contribution in [1.29, 1.82) is 5.26 Å². The number of rotatable bonds is 3. The molecule has 0 N–H and O–H groups in total. The first kappa shape index (κ1) is 21.0. The highest BCUT2D eigenvalue weighted by Crippen LogP contribution is 2.36. The Morgan fingerprint density at radius 2 is 1.89 bits per heavy atom. The van der Waals surface area contributed by atoms with Gasteiger partial charge in [-0.05, 0) is 32.4 Å². The summed E-state index contributed by atoms with van der Waals surface area (Å²) in [5, 5.41) is 9.52. The predicted octanol–water partition coefficient (Wildman–Crippen LogP) is 2.73. The maximum atomic E-state index is 12.9. The quantitative estimate of drug-likeness (QED) is 0.535. The predicted molar refractivity (Wildman–Crippen MR) is 121 cm³/mol. The number of aromatic nitrogens is 1. The molecule has 2 fully saturated rings. The van der Waals surface area contributed by atoms with Crippen molar-refractivity contribution in [2.24, 2.45) is 7.05 Å². The molecule has 0 bridgehead atoms. The topological polar surface area (TPSA) is 69.3 Å². The lowest BCUT2D eigenvalue weighted by atomic mass is 10.0. The zero-order chi connectivity index (χ0) is 20.6. The molecule has 148 valence electrons. The highest BCUT2D eigenvalue weighted by molar-refractivity contribution is 8.26. The van der Waals surface area contributed by atoms with Crippen molar-refractivity contribution < 1.29 is 4.79 Å². The van der Waals surface area contributed by atoms with Gasteiger partial charge < -0.3 is 4.90 Å².